The zero-order valence-electron chi connectivity index (χ0n) is 16.8. The summed E-state index contributed by atoms with van der Waals surface area (Å²) in [6.45, 7) is 0.290. The lowest BCUT2D eigenvalue weighted by atomic mass is 10.0. The molecule has 0 radical (unpaired) electrons. The van der Waals surface area contributed by atoms with Crippen LogP contribution in [-0.4, -0.2) is 43.7 Å². The Morgan fingerprint density at radius 1 is 1.19 bits per heavy atom. The minimum atomic E-state index is -2.75. The molecule has 0 aliphatic carbocycles. The Labute approximate surface area is 191 Å². The maximum Gasteiger partial charge on any atom is 0.334 e. The van der Waals surface area contributed by atoms with E-state index in [2.05, 4.69) is 25.9 Å². The van der Waals surface area contributed by atoms with Gasteiger partial charge in [0.2, 0.25) is 0 Å². The summed E-state index contributed by atoms with van der Waals surface area (Å²) in [5.41, 5.74) is 4.39. The summed E-state index contributed by atoms with van der Waals surface area (Å²) in [7, 11) is 1.31. The number of nitrogens with one attached hydrogen (secondary N) is 3. The van der Waals surface area contributed by atoms with Gasteiger partial charge in [-0.05, 0) is 25.1 Å². The van der Waals surface area contributed by atoms with E-state index < -0.39 is 36.8 Å². The number of rotatable bonds is 8. The van der Waals surface area contributed by atoms with Gasteiger partial charge in [0, 0.05) is 29.5 Å². The molecule has 3 N–H and O–H groups in total. The zero-order valence-corrected chi connectivity index (χ0v) is 18.4. The third-order valence-electron chi connectivity index (χ3n) is 3.89. The zero-order chi connectivity index (χ0) is 23.8. The van der Waals surface area contributed by atoms with Crippen LogP contribution in [0.25, 0.3) is 11.1 Å². The normalized spacial score (nSPS) is 11.8. The van der Waals surface area contributed by atoms with Crippen LogP contribution in [0.5, 0.6) is 5.75 Å². The number of hydrogen-bond acceptors (Lipinski definition) is 5. The number of carbonyl (C=O) groups excluding carboxylic acids is 2. The highest BCUT2D eigenvalue weighted by Crippen LogP contribution is 2.39. The molecule has 0 spiro atoms. The Balaban J connectivity index is 2.20. The second kappa shape index (κ2) is 11.7. The van der Waals surface area contributed by atoms with E-state index in [9.17, 15) is 22.8 Å². The summed E-state index contributed by atoms with van der Waals surface area (Å²) >= 11 is 12.0. The van der Waals surface area contributed by atoms with Crippen molar-refractivity contribution in [1.29, 1.82) is 0 Å². The van der Waals surface area contributed by atoms with Gasteiger partial charge in [0.15, 0.2) is 0 Å². The molecule has 13 heteroatoms. The van der Waals surface area contributed by atoms with Crippen LogP contribution < -0.4 is 20.9 Å². The van der Waals surface area contributed by atoms with E-state index in [1.807, 2.05) is 0 Å². The first-order valence-corrected chi connectivity index (χ1v) is 9.78. The van der Waals surface area contributed by atoms with E-state index in [1.54, 1.807) is 0 Å². The van der Waals surface area contributed by atoms with Crippen molar-refractivity contribution in [3.8, 4) is 16.9 Å². The second-order valence-corrected chi connectivity index (χ2v) is 7.20. The molecule has 1 aromatic carbocycles. The van der Waals surface area contributed by atoms with Gasteiger partial charge >= 0.3 is 6.03 Å². The molecule has 0 saturated heterocycles. The number of urea groups is 1. The van der Waals surface area contributed by atoms with Crippen molar-refractivity contribution in [3.63, 3.8) is 0 Å². The summed E-state index contributed by atoms with van der Waals surface area (Å²) in [4.78, 5) is 27.1. The number of alkyl halides is 2. The van der Waals surface area contributed by atoms with E-state index in [0.29, 0.717) is 0 Å². The highest BCUT2D eigenvalue weighted by atomic mass is 35.5. The fourth-order valence-corrected chi connectivity index (χ4v) is 3.12. The van der Waals surface area contributed by atoms with E-state index >= 15 is 0 Å². The second-order valence-electron chi connectivity index (χ2n) is 6.36. The SMILES string of the molecule is COCC(=O)NNC(=O)NC(C)c1ncc(-c2cc(Cl)cc(Cl)c2OCC(F)F)cc1F. The Hall–Kier alpha value is -2.76. The van der Waals surface area contributed by atoms with Gasteiger partial charge in [0.25, 0.3) is 12.3 Å². The number of amides is 3. The van der Waals surface area contributed by atoms with Crippen molar-refractivity contribution in [2.45, 2.75) is 19.4 Å². The van der Waals surface area contributed by atoms with Gasteiger partial charge in [-0.3, -0.25) is 15.2 Å². The van der Waals surface area contributed by atoms with Crippen molar-refractivity contribution in [3.05, 3.63) is 46.0 Å². The molecule has 0 saturated carbocycles. The minimum absolute atomic E-state index is 0.0279. The highest BCUT2D eigenvalue weighted by molar-refractivity contribution is 6.36. The van der Waals surface area contributed by atoms with Crippen molar-refractivity contribution >= 4 is 35.1 Å². The van der Waals surface area contributed by atoms with E-state index in [0.717, 1.165) is 6.07 Å². The van der Waals surface area contributed by atoms with Crippen molar-refractivity contribution in [2.75, 3.05) is 20.3 Å². The number of carbonyl (C=O) groups is 2. The number of nitrogens with zero attached hydrogens (tertiary/aromatic N) is 1. The lowest BCUT2D eigenvalue weighted by molar-refractivity contribution is -0.125. The molecule has 0 aliphatic rings. The predicted molar refractivity (Wildman–Crippen MR) is 111 cm³/mol. The summed E-state index contributed by atoms with van der Waals surface area (Å²) in [6, 6.07) is 2.07. The molecule has 0 bridgehead atoms. The fraction of sp³-hybridized carbons (Fsp3) is 0.316. The number of aromatic nitrogens is 1. The Morgan fingerprint density at radius 2 is 1.91 bits per heavy atom. The molecule has 1 heterocycles. The topological polar surface area (TPSA) is 102 Å². The fourth-order valence-electron chi connectivity index (χ4n) is 2.58. The molecule has 8 nitrogen and oxygen atoms in total. The standard InChI is InChI=1S/C19H19Cl2F3N4O4/c1-9(26-19(30)28-27-16(29)8-31-2)17-14(22)3-10(6-25-17)12-4-11(20)5-13(21)18(12)32-7-15(23)24/h3-6,9,15H,7-8H2,1-2H3,(H,27,29)(H2,26,28,30). The number of benzene rings is 1. The molecule has 2 rings (SSSR count). The first-order chi connectivity index (χ1) is 15.1. The van der Waals surface area contributed by atoms with Crippen LogP contribution >= 0.6 is 23.2 Å². The van der Waals surface area contributed by atoms with Gasteiger partial charge < -0.3 is 14.8 Å². The minimum Gasteiger partial charge on any atom is -0.485 e. The van der Waals surface area contributed by atoms with Gasteiger partial charge in [-0.1, -0.05) is 23.2 Å². The van der Waals surface area contributed by atoms with Crippen LogP contribution in [0.1, 0.15) is 18.7 Å². The van der Waals surface area contributed by atoms with Crippen LogP contribution in [0.15, 0.2) is 24.4 Å². The van der Waals surface area contributed by atoms with Crippen LogP contribution in [0.4, 0.5) is 18.0 Å². The number of halogens is 5. The quantitative estimate of drug-likeness (QED) is 0.483. The smallest absolute Gasteiger partial charge is 0.334 e. The molecule has 1 unspecified atom stereocenters. The van der Waals surface area contributed by atoms with Crippen LogP contribution in [0.2, 0.25) is 10.0 Å². The Bertz CT molecular complexity index is 982. The molecule has 1 atom stereocenters. The molecular formula is C19H19Cl2F3N4O4. The van der Waals surface area contributed by atoms with Crippen molar-refractivity contribution in [1.82, 2.24) is 21.2 Å². The summed E-state index contributed by atoms with van der Waals surface area (Å²) in [5, 5.41) is 2.55. The van der Waals surface area contributed by atoms with E-state index in [1.165, 1.54) is 32.4 Å². The van der Waals surface area contributed by atoms with Crippen LogP contribution in [-0.2, 0) is 9.53 Å². The summed E-state index contributed by atoms with van der Waals surface area (Å²) in [5.74, 6) is -1.48. The van der Waals surface area contributed by atoms with Crippen molar-refractivity contribution < 1.29 is 32.2 Å². The van der Waals surface area contributed by atoms with Gasteiger partial charge in [-0.15, -0.1) is 0 Å². The average molecular weight is 495 g/mol. The predicted octanol–water partition coefficient (Wildman–Crippen LogP) is 3.88. The third-order valence-corrected chi connectivity index (χ3v) is 4.39. The molecule has 1 aromatic heterocycles. The highest BCUT2D eigenvalue weighted by Gasteiger charge is 2.20. The maximum atomic E-state index is 14.8. The first-order valence-electron chi connectivity index (χ1n) is 9.02. The lowest BCUT2D eigenvalue weighted by Crippen LogP contribution is -2.48. The van der Waals surface area contributed by atoms with Crippen LogP contribution in [0, 0.1) is 5.82 Å². The number of ether oxygens (including phenoxy) is 2. The molecule has 0 aliphatic heterocycles. The summed E-state index contributed by atoms with van der Waals surface area (Å²) < 4.78 is 49.6. The molecule has 32 heavy (non-hydrogen) atoms. The van der Waals surface area contributed by atoms with E-state index in [4.69, 9.17) is 27.9 Å². The number of hydrogen-bond donors (Lipinski definition) is 3. The maximum absolute atomic E-state index is 14.8. The molecule has 3 amide bonds. The Morgan fingerprint density at radius 3 is 2.53 bits per heavy atom. The summed E-state index contributed by atoms with van der Waals surface area (Å²) in [6.07, 6.45) is -1.49. The molecule has 0 fully saturated rings. The van der Waals surface area contributed by atoms with Gasteiger partial charge in [-0.25, -0.2) is 23.4 Å². The lowest BCUT2D eigenvalue weighted by Gasteiger charge is -2.17. The van der Waals surface area contributed by atoms with Crippen molar-refractivity contribution in [2.24, 2.45) is 0 Å². The van der Waals surface area contributed by atoms with E-state index in [-0.39, 0.29) is 39.2 Å². The number of methoxy groups -OCH3 is 1. The van der Waals surface area contributed by atoms with Crippen LogP contribution in [0.3, 0.4) is 0 Å². The van der Waals surface area contributed by atoms with Gasteiger partial charge in [-0.2, -0.15) is 0 Å². The average Bonchev–Trinajstić information content (AvgIpc) is 2.71. The number of pyridine rings is 1. The Kier molecular flexibility index (Phi) is 9.36. The molecular weight excluding hydrogens is 476 g/mol. The first kappa shape index (κ1) is 25.5. The van der Waals surface area contributed by atoms with Gasteiger partial charge in [0.05, 0.1) is 16.8 Å². The van der Waals surface area contributed by atoms with Gasteiger partial charge in [0.1, 0.15) is 24.8 Å². The number of hydrazine groups is 1. The third kappa shape index (κ3) is 7.14. The molecule has 174 valence electrons. The monoisotopic (exact) mass is 494 g/mol. The largest absolute Gasteiger partial charge is 0.485 e. The molecule has 2 aromatic rings.